The fourth-order valence-electron chi connectivity index (χ4n) is 1.72. The molecule has 0 spiro atoms. The van der Waals surface area contributed by atoms with Crippen molar-refractivity contribution in [1.82, 2.24) is 0 Å². The Kier molecular flexibility index (Phi) is 3.03. The van der Waals surface area contributed by atoms with Crippen LogP contribution in [-0.4, -0.2) is 4.20 Å². The Morgan fingerprint density at radius 1 is 1.27 bits per heavy atom. The van der Waals surface area contributed by atoms with Crippen molar-refractivity contribution in [2.75, 3.05) is 0 Å². The van der Waals surface area contributed by atoms with E-state index in [-0.39, 0.29) is 0 Å². The molecule has 1 nitrogen and oxygen atoms in total. The molecule has 2 rings (SSSR count). The number of fused-ring (bicyclic) bond motifs is 1. The number of benzene rings is 1. The van der Waals surface area contributed by atoms with E-state index in [0.29, 0.717) is 0 Å². The number of hydrogen-bond donors (Lipinski definition) is 1. The van der Waals surface area contributed by atoms with Crippen LogP contribution in [0.2, 0.25) is 0 Å². The lowest BCUT2D eigenvalue weighted by atomic mass is 10.1. The topological polar surface area (TPSA) is 3.88 Å². The highest BCUT2D eigenvalue weighted by molar-refractivity contribution is 8.11. The molecule has 1 heterocycles. The summed E-state index contributed by atoms with van der Waals surface area (Å²) in [6.45, 7) is 0. The van der Waals surface area contributed by atoms with Gasteiger partial charge in [0.05, 0.1) is 10.6 Å². The van der Waals surface area contributed by atoms with Crippen molar-refractivity contribution >= 4 is 39.9 Å². The Morgan fingerprint density at radius 3 is 2.73 bits per heavy atom. The standard InChI is InChI=1S/C12H11NS2/c1-13-10(8-12(14)15)7-6-9-4-2-3-5-11(9)13/h2-7H,8H2,1H3/p+1. The van der Waals surface area contributed by atoms with Crippen LogP contribution in [0.1, 0.15) is 5.69 Å². The van der Waals surface area contributed by atoms with Gasteiger partial charge < -0.3 is 0 Å². The molecular formula is C12H12NS2+. The van der Waals surface area contributed by atoms with Gasteiger partial charge in [-0.3, -0.25) is 0 Å². The van der Waals surface area contributed by atoms with Crippen LogP contribution in [-0.2, 0) is 13.5 Å². The van der Waals surface area contributed by atoms with E-state index in [1.165, 1.54) is 16.6 Å². The van der Waals surface area contributed by atoms with Crippen molar-refractivity contribution < 1.29 is 4.57 Å². The minimum absolute atomic E-state index is 0.723. The van der Waals surface area contributed by atoms with Gasteiger partial charge in [-0.05, 0) is 12.1 Å². The second-order valence-electron chi connectivity index (χ2n) is 3.51. The SMILES string of the molecule is C[n+]1c(CC(=S)S)ccc2ccccc21. The van der Waals surface area contributed by atoms with Gasteiger partial charge in [0.2, 0.25) is 5.52 Å². The second-order valence-corrected chi connectivity index (χ2v) is 4.85. The zero-order valence-electron chi connectivity index (χ0n) is 8.47. The number of nitrogens with zero attached hydrogens (tertiary/aromatic N) is 1. The van der Waals surface area contributed by atoms with Crippen LogP contribution in [0.5, 0.6) is 0 Å². The number of thiol groups is 1. The molecule has 15 heavy (non-hydrogen) atoms. The fraction of sp³-hybridized carbons (Fsp3) is 0.167. The minimum Gasteiger partial charge on any atom is -0.198 e. The van der Waals surface area contributed by atoms with E-state index < -0.39 is 0 Å². The van der Waals surface area contributed by atoms with Crippen LogP contribution in [0.25, 0.3) is 10.9 Å². The lowest BCUT2D eigenvalue weighted by molar-refractivity contribution is -0.652. The van der Waals surface area contributed by atoms with E-state index in [2.05, 4.69) is 48.5 Å². The van der Waals surface area contributed by atoms with Crippen LogP contribution in [0.4, 0.5) is 0 Å². The highest BCUT2D eigenvalue weighted by Crippen LogP contribution is 2.10. The van der Waals surface area contributed by atoms with Crippen molar-refractivity contribution in [3.8, 4) is 0 Å². The van der Waals surface area contributed by atoms with Gasteiger partial charge >= 0.3 is 0 Å². The summed E-state index contributed by atoms with van der Waals surface area (Å²) < 4.78 is 2.89. The summed E-state index contributed by atoms with van der Waals surface area (Å²) >= 11 is 9.18. The highest BCUT2D eigenvalue weighted by Gasteiger charge is 2.11. The number of thiocarbonyl (C=S) groups is 1. The zero-order chi connectivity index (χ0) is 10.8. The van der Waals surface area contributed by atoms with Gasteiger partial charge in [-0.1, -0.05) is 24.4 Å². The van der Waals surface area contributed by atoms with Crippen LogP contribution in [0.15, 0.2) is 36.4 Å². The lowest BCUT2D eigenvalue weighted by Crippen LogP contribution is -2.35. The van der Waals surface area contributed by atoms with E-state index >= 15 is 0 Å². The Morgan fingerprint density at radius 2 is 2.00 bits per heavy atom. The minimum atomic E-state index is 0.723. The van der Waals surface area contributed by atoms with Crippen LogP contribution in [0.3, 0.4) is 0 Å². The molecule has 0 radical (unpaired) electrons. The smallest absolute Gasteiger partial charge is 0.198 e. The maximum absolute atomic E-state index is 5.01. The molecule has 3 heteroatoms. The molecular weight excluding hydrogens is 222 g/mol. The van der Waals surface area contributed by atoms with E-state index in [9.17, 15) is 0 Å². The maximum atomic E-state index is 5.01. The van der Waals surface area contributed by atoms with Gasteiger partial charge in [0.25, 0.3) is 0 Å². The van der Waals surface area contributed by atoms with Crippen LogP contribution in [0, 0.1) is 0 Å². The Bertz CT molecular complexity index is 520. The number of rotatable bonds is 2. The zero-order valence-corrected chi connectivity index (χ0v) is 10.2. The number of aromatic nitrogens is 1. The molecule has 0 saturated heterocycles. The first-order chi connectivity index (χ1) is 7.18. The molecule has 1 aromatic heterocycles. The summed E-state index contributed by atoms with van der Waals surface area (Å²) in [5.74, 6) is 0. The third kappa shape index (κ3) is 2.19. The third-order valence-electron chi connectivity index (χ3n) is 2.52. The molecule has 0 atom stereocenters. The molecule has 0 saturated carbocycles. The third-order valence-corrected chi connectivity index (χ3v) is 2.82. The van der Waals surface area contributed by atoms with E-state index in [1.807, 2.05) is 12.1 Å². The normalized spacial score (nSPS) is 10.5. The van der Waals surface area contributed by atoms with Crippen LogP contribution < -0.4 is 4.57 Å². The predicted octanol–water partition coefficient (Wildman–Crippen LogP) is 2.46. The Labute approximate surface area is 100 Å². The number of hydrogen-bond acceptors (Lipinski definition) is 1. The van der Waals surface area contributed by atoms with Gasteiger partial charge in [0.1, 0.15) is 7.05 Å². The van der Waals surface area contributed by atoms with Crippen molar-refractivity contribution in [3.05, 3.63) is 42.1 Å². The predicted molar refractivity (Wildman–Crippen MR) is 70.4 cm³/mol. The van der Waals surface area contributed by atoms with Crippen molar-refractivity contribution in [2.24, 2.45) is 7.05 Å². The summed E-state index contributed by atoms with van der Waals surface area (Å²) in [7, 11) is 2.06. The largest absolute Gasteiger partial charge is 0.212 e. The van der Waals surface area contributed by atoms with Crippen molar-refractivity contribution in [2.45, 2.75) is 6.42 Å². The molecule has 0 aliphatic heterocycles. The molecule has 0 aliphatic carbocycles. The molecule has 0 amide bonds. The van der Waals surface area contributed by atoms with Gasteiger partial charge in [0.15, 0.2) is 5.69 Å². The quantitative estimate of drug-likeness (QED) is 0.475. The lowest BCUT2D eigenvalue weighted by Gasteiger charge is -2.01. The summed E-state index contributed by atoms with van der Waals surface area (Å²) in [5, 5.41) is 1.24. The number of para-hydroxylation sites is 1. The average molecular weight is 234 g/mol. The fourth-order valence-corrected chi connectivity index (χ4v) is 2.03. The van der Waals surface area contributed by atoms with E-state index in [4.69, 9.17) is 12.2 Å². The summed E-state index contributed by atoms with van der Waals surface area (Å²) in [5.41, 5.74) is 2.41. The first-order valence-electron chi connectivity index (χ1n) is 4.77. The summed E-state index contributed by atoms with van der Waals surface area (Å²) in [6, 6.07) is 12.5. The molecule has 0 N–H and O–H groups in total. The van der Waals surface area contributed by atoms with Gasteiger partial charge in [0, 0.05) is 17.5 Å². The first kappa shape index (κ1) is 10.6. The average Bonchev–Trinajstić information content (AvgIpc) is 2.22. The molecule has 0 unspecified atom stereocenters. The first-order valence-corrected chi connectivity index (χ1v) is 5.62. The summed E-state index contributed by atoms with van der Waals surface area (Å²) in [6.07, 6.45) is 0.736. The second kappa shape index (κ2) is 4.29. The maximum Gasteiger partial charge on any atom is 0.212 e. The van der Waals surface area contributed by atoms with Gasteiger partial charge in [-0.25, -0.2) is 0 Å². The molecule has 2 aromatic rings. The Balaban J connectivity index is 2.59. The molecule has 1 aromatic carbocycles. The molecule has 0 fully saturated rings. The highest BCUT2D eigenvalue weighted by atomic mass is 32.1. The molecule has 0 aliphatic rings. The molecule has 0 bridgehead atoms. The van der Waals surface area contributed by atoms with Crippen molar-refractivity contribution in [3.63, 3.8) is 0 Å². The van der Waals surface area contributed by atoms with Crippen molar-refractivity contribution in [1.29, 1.82) is 0 Å². The number of aryl methyl sites for hydroxylation is 1. The van der Waals surface area contributed by atoms with E-state index in [1.54, 1.807) is 0 Å². The number of pyridine rings is 1. The Hall–Kier alpha value is -0.930. The van der Waals surface area contributed by atoms with E-state index in [0.717, 1.165) is 10.6 Å². The summed E-state index contributed by atoms with van der Waals surface area (Å²) in [4.78, 5) is 0. The van der Waals surface area contributed by atoms with Gasteiger partial charge in [-0.2, -0.15) is 4.57 Å². The van der Waals surface area contributed by atoms with Crippen LogP contribution >= 0.6 is 24.8 Å². The monoisotopic (exact) mass is 234 g/mol. The molecule has 76 valence electrons. The van der Waals surface area contributed by atoms with Gasteiger partial charge in [-0.15, -0.1) is 12.6 Å².